The summed E-state index contributed by atoms with van der Waals surface area (Å²) in [7, 11) is 0. The lowest BCUT2D eigenvalue weighted by molar-refractivity contribution is 0.0879. The molecule has 0 atom stereocenters. The van der Waals surface area contributed by atoms with Gasteiger partial charge in [0.2, 0.25) is 5.88 Å². The van der Waals surface area contributed by atoms with E-state index in [0.29, 0.717) is 27.7 Å². The summed E-state index contributed by atoms with van der Waals surface area (Å²) in [4.78, 5) is 36.5. The molecule has 0 unspecified atom stereocenters. The van der Waals surface area contributed by atoms with Crippen LogP contribution in [0.2, 0.25) is 5.15 Å². The number of carbonyl (C=O) groups is 1. The Morgan fingerprint density at radius 1 is 1.10 bits per heavy atom. The SMILES string of the molecule is CC(C)(COc1cc(Cl)ncn1)NC(=O)c1ccc2c(=O)c3ccccc3[nH]c2c1. The number of fused-ring (bicyclic) bond motifs is 2. The molecule has 0 spiro atoms. The number of amides is 1. The van der Waals surface area contributed by atoms with Crippen molar-refractivity contribution in [1.82, 2.24) is 20.3 Å². The first kappa shape index (κ1) is 19.8. The highest BCUT2D eigenvalue weighted by atomic mass is 35.5. The average molecular weight is 423 g/mol. The molecule has 4 aromatic rings. The molecule has 0 fully saturated rings. The van der Waals surface area contributed by atoms with Gasteiger partial charge in [0.15, 0.2) is 5.43 Å². The highest BCUT2D eigenvalue weighted by Crippen LogP contribution is 2.17. The number of aromatic nitrogens is 3. The lowest BCUT2D eigenvalue weighted by Gasteiger charge is -2.26. The molecule has 4 rings (SSSR count). The summed E-state index contributed by atoms with van der Waals surface area (Å²) < 4.78 is 5.62. The van der Waals surface area contributed by atoms with Gasteiger partial charge in [-0.2, -0.15) is 0 Å². The van der Waals surface area contributed by atoms with Gasteiger partial charge in [0.1, 0.15) is 18.1 Å². The van der Waals surface area contributed by atoms with Gasteiger partial charge in [0.25, 0.3) is 5.91 Å². The van der Waals surface area contributed by atoms with Gasteiger partial charge in [-0.25, -0.2) is 9.97 Å². The third-order valence-corrected chi connectivity index (χ3v) is 4.82. The van der Waals surface area contributed by atoms with Crippen LogP contribution in [0, 0.1) is 0 Å². The molecule has 0 radical (unpaired) electrons. The van der Waals surface area contributed by atoms with E-state index in [1.165, 1.54) is 12.4 Å². The number of rotatable bonds is 5. The average Bonchev–Trinajstić information content (AvgIpc) is 2.72. The minimum atomic E-state index is -0.680. The standard InChI is InChI=1S/C22H19ClN4O3/c1-22(2,11-30-19-10-18(23)24-12-25-19)27-21(29)13-7-8-15-17(9-13)26-16-6-4-3-5-14(16)20(15)28/h3-10,12H,11H2,1-2H3,(H,26,28)(H,27,29). The molecule has 0 saturated heterocycles. The van der Waals surface area contributed by atoms with Crippen LogP contribution in [0.25, 0.3) is 21.8 Å². The number of nitrogens with zero attached hydrogens (tertiary/aromatic N) is 2. The van der Waals surface area contributed by atoms with Crippen LogP contribution in [-0.4, -0.2) is 33.0 Å². The zero-order chi connectivity index (χ0) is 21.3. The molecule has 7 nitrogen and oxygen atoms in total. The monoisotopic (exact) mass is 422 g/mol. The number of hydrogen-bond acceptors (Lipinski definition) is 5. The number of H-pyrrole nitrogens is 1. The summed E-state index contributed by atoms with van der Waals surface area (Å²) in [5.74, 6) is 0.0488. The summed E-state index contributed by atoms with van der Waals surface area (Å²) in [5.41, 5.74) is 1.02. The van der Waals surface area contributed by atoms with Crippen molar-refractivity contribution in [1.29, 1.82) is 0 Å². The summed E-state index contributed by atoms with van der Waals surface area (Å²) in [6.07, 6.45) is 1.31. The van der Waals surface area contributed by atoms with Crippen molar-refractivity contribution in [2.24, 2.45) is 0 Å². The Bertz CT molecular complexity index is 1320. The quantitative estimate of drug-likeness (QED) is 0.377. The van der Waals surface area contributed by atoms with Crippen LogP contribution in [0.1, 0.15) is 24.2 Å². The first-order valence-electron chi connectivity index (χ1n) is 9.30. The van der Waals surface area contributed by atoms with E-state index in [4.69, 9.17) is 16.3 Å². The third-order valence-electron chi connectivity index (χ3n) is 4.61. The van der Waals surface area contributed by atoms with Crippen LogP contribution < -0.4 is 15.5 Å². The second-order valence-corrected chi connectivity index (χ2v) is 7.95. The van der Waals surface area contributed by atoms with Gasteiger partial charge < -0.3 is 15.0 Å². The normalized spacial score (nSPS) is 11.6. The number of pyridine rings is 1. The van der Waals surface area contributed by atoms with Crippen molar-refractivity contribution in [2.75, 3.05) is 6.61 Å². The molecule has 2 heterocycles. The number of benzene rings is 2. The van der Waals surface area contributed by atoms with Gasteiger partial charge >= 0.3 is 0 Å². The predicted molar refractivity (Wildman–Crippen MR) is 116 cm³/mol. The van der Waals surface area contributed by atoms with E-state index < -0.39 is 5.54 Å². The molecule has 2 N–H and O–H groups in total. The van der Waals surface area contributed by atoms with Crippen molar-refractivity contribution < 1.29 is 9.53 Å². The number of aromatic amines is 1. The molecular weight excluding hydrogens is 404 g/mol. The molecule has 2 aromatic heterocycles. The number of ether oxygens (including phenoxy) is 1. The van der Waals surface area contributed by atoms with Gasteiger partial charge in [-0.15, -0.1) is 0 Å². The van der Waals surface area contributed by atoms with Crippen LogP contribution in [0.15, 0.2) is 59.7 Å². The van der Waals surface area contributed by atoms with E-state index in [2.05, 4.69) is 20.3 Å². The van der Waals surface area contributed by atoms with Crippen molar-refractivity contribution in [3.8, 4) is 5.88 Å². The second-order valence-electron chi connectivity index (χ2n) is 7.57. The Balaban J connectivity index is 1.55. The van der Waals surface area contributed by atoms with Gasteiger partial charge in [-0.1, -0.05) is 23.7 Å². The minimum absolute atomic E-state index is 0.0662. The maximum absolute atomic E-state index is 12.8. The third kappa shape index (κ3) is 4.11. The fourth-order valence-electron chi connectivity index (χ4n) is 3.13. The lowest BCUT2D eigenvalue weighted by Crippen LogP contribution is -2.47. The molecule has 8 heteroatoms. The van der Waals surface area contributed by atoms with E-state index in [9.17, 15) is 9.59 Å². The Morgan fingerprint density at radius 2 is 1.87 bits per heavy atom. The fourth-order valence-corrected chi connectivity index (χ4v) is 3.27. The molecule has 152 valence electrons. The van der Waals surface area contributed by atoms with E-state index >= 15 is 0 Å². The van der Waals surface area contributed by atoms with Crippen molar-refractivity contribution in [2.45, 2.75) is 19.4 Å². The Kier molecular flexibility index (Phi) is 5.13. The predicted octanol–water partition coefficient (Wildman–Crippen LogP) is 3.71. The smallest absolute Gasteiger partial charge is 0.251 e. The maximum atomic E-state index is 12.8. The number of carbonyl (C=O) groups excluding carboxylic acids is 1. The first-order valence-corrected chi connectivity index (χ1v) is 9.68. The Morgan fingerprint density at radius 3 is 2.67 bits per heavy atom. The molecule has 0 aliphatic heterocycles. The molecule has 2 aromatic carbocycles. The molecule has 30 heavy (non-hydrogen) atoms. The summed E-state index contributed by atoms with van der Waals surface area (Å²) in [6, 6.07) is 13.8. The van der Waals surface area contributed by atoms with Crippen molar-refractivity contribution >= 4 is 39.3 Å². The van der Waals surface area contributed by atoms with Gasteiger partial charge in [0, 0.05) is 27.9 Å². The molecular formula is C22H19ClN4O3. The van der Waals surface area contributed by atoms with Gasteiger partial charge in [-0.05, 0) is 44.2 Å². The van der Waals surface area contributed by atoms with Crippen molar-refractivity contribution in [3.63, 3.8) is 0 Å². The number of halogens is 1. The number of para-hydroxylation sites is 1. The summed E-state index contributed by atoms with van der Waals surface area (Å²) >= 11 is 5.83. The van der Waals surface area contributed by atoms with E-state index in [1.54, 1.807) is 24.3 Å². The molecule has 1 amide bonds. The Hall–Kier alpha value is -3.45. The maximum Gasteiger partial charge on any atom is 0.251 e. The zero-order valence-corrected chi connectivity index (χ0v) is 17.2. The first-order chi connectivity index (χ1) is 14.3. The molecule has 0 bridgehead atoms. The Labute approximate surface area is 177 Å². The topological polar surface area (TPSA) is 97.0 Å². The number of nitrogens with one attached hydrogen (secondary N) is 2. The molecule has 0 saturated carbocycles. The van der Waals surface area contributed by atoms with Crippen LogP contribution in [0.3, 0.4) is 0 Å². The fraction of sp³-hybridized carbons (Fsp3) is 0.182. The molecule has 0 aliphatic rings. The van der Waals surface area contributed by atoms with E-state index in [1.807, 2.05) is 32.0 Å². The summed E-state index contributed by atoms with van der Waals surface area (Å²) in [5, 5.41) is 4.37. The van der Waals surface area contributed by atoms with Crippen LogP contribution >= 0.6 is 11.6 Å². The van der Waals surface area contributed by atoms with Crippen LogP contribution in [0.5, 0.6) is 5.88 Å². The van der Waals surface area contributed by atoms with Crippen LogP contribution in [-0.2, 0) is 0 Å². The molecule has 0 aliphatic carbocycles. The largest absolute Gasteiger partial charge is 0.475 e. The highest BCUT2D eigenvalue weighted by Gasteiger charge is 2.23. The minimum Gasteiger partial charge on any atom is -0.475 e. The van der Waals surface area contributed by atoms with Gasteiger partial charge in [-0.3, -0.25) is 9.59 Å². The van der Waals surface area contributed by atoms with E-state index in [0.717, 1.165) is 5.52 Å². The van der Waals surface area contributed by atoms with Crippen molar-refractivity contribution in [3.05, 3.63) is 75.8 Å². The summed E-state index contributed by atoms with van der Waals surface area (Å²) in [6.45, 7) is 3.86. The van der Waals surface area contributed by atoms with Crippen LogP contribution in [0.4, 0.5) is 0 Å². The van der Waals surface area contributed by atoms with Gasteiger partial charge in [0.05, 0.1) is 11.1 Å². The highest BCUT2D eigenvalue weighted by molar-refractivity contribution is 6.29. The lowest BCUT2D eigenvalue weighted by atomic mass is 10.0. The second kappa shape index (κ2) is 7.76. The van der Waals surface area contributed by atoms with E-state index in [-0.39, 0.29) is 23.1 Å². The number of hydrogen-bond donors (Lipinski definition) is 2. The zero-order valence-electron chi connectivity index (χ0n) is 16.4.